The maximum atomic E-state index is 14.6. The summed E-state index contributed by atoms with van der Waals surface area (Å²) in [7, 11) is -2.57. The maximum absolute atomic E-state index is 14.6. The van der Waals surface area contributed by atoms with E-state index in [1.165, 1.54) is 17.0 Å². The number of hydrogen-bond acceptors (Lipinski definition) is 5. The van der Waals surface area contributed by atoms with E-state index in [1.54, 1.807) is 43.5 Å². The van der Waals surface area contributed by atoms with Crippen molar-refractivity contribution < 1.29 is 22.7 Å². The van der Waals surface area contributed by atoms with Crippen molar-refractivity contribution in [3.8, 4) is 5.75 Å². The van der Waals surface area contributed by atoms with Crippen molar-refractivity contribution in [1.82, 2.24) is 10.2 Å². The third kappa shape index (κ3) is 8.14. The van der Waals surface area contributed by atoms with E-state index in [0.29, 0.717) is 11.4 Å². The van der Waals surface area contributed by atoms with Crippen molar-refractivity contribution in [1.29, 1.82) is 0 Å². The lowest BCUT2D eigenvalue weighted by molar-refractivity contribution is -0.140. The van der Waals surface area contributed by atoms with Crippen LogP contribution in [0.2, 0.25) is 0 Å². The van der Waals surface area contributed by atoms with Gasteiger partial charge in [-0.05, 0) is 72.9 Å². The van der Waals surface area contributed by atoms with E-state index in [1.807, 2.05) is 67.6 Å². The number of carbonyl (C=O) groups excluding carboxylic acids is 2. The minimum atomic E-state index is -4.14. The molecule has 0 aromatic heterocycles. The Kier molecular flexibility index (Phi) is 10.8. The molecule has 0 spiro atoms. The van der Waals surface area contributed by atoms with Crippen molar-refractivity contribution >= 4 is 27.5 Å². The van der Waals surface area contributed by atoms with Crippen LogP contribution >= 0.6 is 0 Å². The van der Waals surface area contributed by atoms with Gasteiger partial charge in [0.1, 0.15) is 18.3 Å². The van der Waals surface area contributed by atoms with Gasteiger partial charge in [0.2, 0.25) is 11.8 Å². The van der Waals surface area contributed by atoms with Crippen LogP contribution in [0.15, 0.2) is 114 Å². The van der Waals surface area contributed by atoms with Gasteiger partial charge in [0.25, 0.3) is 10.0 Å². The molecule has 1 atom stereocenters. The molecule has 0 unspecified atom stereocenters. The average molecular weight is 640 g/mol. The van der Waals surface area contributed by atoms with Crippen LogP contribution < -0.4 is 14.4 Å². The number of sulfonamides is 1. The van der Waals surface area contributed by atoms with Crippen molar-refractivity contribution in [3.63, 3.8) is 0 Å². The molecule has 5 rings (SSSR count). The summed E-state index contributed by atoms with van der Waals surface area (Å²) in [4.78, 5) is 30.3. The van der Waals surface area contributed by atoms with E-state index in [2.05, 4.69) is 5.32 Å². The number of hydrogen-bond donors (Lipinski definition) is 1. The summed E-state index contributed by atoms with van der Waals surface area (Å²) < 4.78 is 34.8. The Morgan fingerprint density at radius 3 is 2.17 bits per heavy atom. The van der Waals surface area contributed by atoms with Crippen LogP contribution in [0.25, 0.3) is 0 Å². The zero-order valence-corrected chi connectivity index (χ0v) is 27.2. The fourth-order valence-electron chi connectivity index (χ4n) is 5.92. The Hall–Kier alpha value is -4.63. The minimum absolute atomic E-state index is 0.0433. The van der Waals surface area contributed by atoms with E-state index in [4.69, 9.17) is 4.74 Å². The molecule has 1 saturated carbocycles. The predicted octanol–water partition coefficient (Wildman–Crippen LogP) is 5.90. The molecular formula is C37H41N3O5S. The number of ether oxygens (including phenoxy) is 1. The zero-order valence-electron chi connectivity index (χ0n) is 26.3. The summed E-state index contributed by atoms with van der Waals surface area (Å²) in [6.07, 6.45) is 4.15. The number of benzene rings is 4. The van der Waals surface area contributed by atoms with Gasteiger partial charge in [-0.2, -0.15) is 0 Å². The molecule has 46 heavy (non-hydrogen) atoms. The van der Waals surface area contributed by atoms with E-state index in [9.17, 15) is 18.0 Å². The van der Waals surface area contributed by atoms with Crippen LogP contribution in [0.3, 0.4) is 0 Å². The molecule has 240 valence electrons. The molecule has 2 amide bonds. The highest BCUT2D eigenvalue weighted by Gasteiger charge is 2.35. The largest absolute Gasteiger partial charge is 0.497 e. The second kappa shape index (κ2) is 15.1. The van der Waals surface area contributed by atoms with Crippen molar-refractivity contribution in [2.75, 3.05) is 18.0 Å². The highest BCUT2D eigenvalue weighted by Crippen LogP contribution is 2.26. The van der Waals surface area contributed by atoms with Gasteiger partial charge in [-0.1, -0.05) is 85.6 Å². The van der Waals surface area contributed by atoms with Crippen LogP contribution in [-0.4, -0.2) is 50.9 Å². The summed E-state index contributed by atoms with van der Waals surface area (Å²) in [6, 6.07) is 31.2. The van der Waals surface area contributed by atoms with Gasteiger partial charge in [-0.3, -0.25) is 13.9 Å². The molecule has 8 nitrogen and oxygen atoms in total. The maximum Gasteiger partial charge on any atom is 0.264 e. The first-order valence-corrected chi connectivity index (χ1v) is 17.1. The molecule has 1 aliphatic carbocycles. The summed E-state index contributed by atoms with van der Waals surface area (Å²) >= 11 is 0. The van der Waals surface area contributed by atoms with Crippen LogP contribution in [0.4, 0.5) is 5.69 Å². The number of anilines is 1. The third-order valence-corrected chi connectivity index (χ3v) is 10.1. The number of rotatable bonds is 13. The zero-order chi connectivity index (χ0) is 32.5. The lowest BCUT2D eigenvalue weighted by atomic mass is 10.0. The van der Waals surface area contributed by atoms with Crippen molar-refractivity contribution in [2.24, 2.45) is 0 Å². The number of carbonyl (C=O) groups is 2. The van der Waals surface area contributed by atoms with E-state index >= 15 is 0 Å². The quantitative estimate of drug-likeness (QED) is 0.197. The first-order chi connectivity index (χ1) is 22.2. The van der Waals surface area contributed by atoms with E-state index in [0.717, 1.165) is 46.7 Å². The lowest BCUT2D eigenvalue weighted by Crippen LogP contribution is -2.54. The molecule has 4 aromatic carbocycles. The Labute approximate surface area is 272 Å². The Balaban J connectivity index is 1.57. The van der Waals surface area contributed by atoms with Crippen LogP contribution in [0, 0.1) is 6.92 Å². The van der Waals surface area contributed by atoms with Crippen molar-refractivity contribution in [3.05, 3.63) is 126 Å². The molecule has 0 aliphatic heterocycles. The molecule has 1 N–H and O–H groups in total. The molecule has 9 heteroatoms. The Bertz CT molecular complexity index is 1720. The Morgan fingerprint density at radius 2 is 1.50 bits per heavy atom. The van der Waals surface area contributed by atoms with Gasteiger partial charge < -0.3 is 15.0 Å². The summed E-state index contributed by atoms with van der Waals surface area (Å²) in [5, 5.41) is 3.20. The number of amides is 2. The van der Waals surface area contributed by atoms with E-state index < -0.39 is 28.5 Å². The number of methoxy groups -OCH3 is 1. The standard InChI is InChI=1S/C37H41N3O5S/c1-28-13-11-19-32(23-28)40(46(43,44)34-21-7-4-8-22-34)27-36(41)39(26-30-16-12-20-33(24-30)45-2)35(25-29-14-5-3-6-15-29)37(42)38-31-17-9-10-18-31/h3-8,11-16,19-24,31,35H,9-10,17-18,25-27H2,1-2H3,(H,38,42)/t35-/m1/s1. The highest BCUT2D eigenvalue weighted by molar-refractivity contribution is 7.92. The summed E-state index contributed by atoms with van der Waals surface area (Å²) in [5.41, 5.74) is 2.87. The van der Waals surface area contributed by atoms with Gasteiger partial charge in [0, 0.05) is 19.0 Å². The van der Waals surface area contributed by atoms with Gasteiger partial charge in [0.15, 0.2) is 0 Å². The second-order valence-electron chi connectivity index (χ2n) is 11.7. The lowest BCUT2D eigenvalue weighted by Gasteiger charge is -2.34. The minimum Gasteiger partial charge on any atom is -0.497 e. The fraction of sp³-hybridized carbons (Fsp3) is 0.297. The summed E-state index contributed by atoms with van der Waals surface area (Å²) in [6.45, 7) is 1.46. The monoisotopic (exact) mass is 639 g/mol. The molecule has 0 saturated heterocycles. The molecule has 0 heterocycles. The highest BCUT2D eigenvalue weighted by atomic mass is 32.2. The van der Waals surface area contributed by atoms with Gasteiger partial charge in [-0.15, -0.1) is 0 Å². The van der Waals surface area contributed by atoms with Gasteiger partial charge in [0.05, 0.1) is 17.7 Å². The van der Waals surface area contributed by atoms with E-state index in [-0.39, 0.29) is 29.8 Å². The van der Waals surface area contributed by atoms with Gasteiger partial charge in [-0.25, -0.2) is 8.42 Å². The molecule has 1 fully saturated rings. The number of nitrogens with zero attached hydrogens (tertiary/aromatic N) is 2. The Morgan fingerprint density at radius 1 is 0.848 bits per heavy atom. The number of nitrogens with one attached hydrogen (secondary N) is 1. The normalized spacial score (nSPS) is 14.0. The smallest absolute Gasteiger partial charge is 0.264 e. The summed E-state index contributed by atoms with van der Waals surface area (Å²) in [5.74, 6) is -0.126. The second-order valence-corrected chi connectivity index (χ2v) is 13.6. The van der Waals surface area contributed by atoms with Crippen LogP contribution in [0.5, 0.6) is 5.75 Å². The molecular weight excluding hydrogens is 598 g/mol. The molecule has 0 radical (unpaired) electrons. The molecule has 0 bridgehead atoms. The molecule has 1 aliphatic rings. The predicted molar refractivity (Wildman–Crippen MR) is 180 cm³/mol. The topological polar surface area (TPSA) is 96.0 Å². The molecule has 4 aromatic rings. The van der Waals surface area contributed by atoms with Crippen molar-refractivity contribution in [2.45, 2.75) is 62.6 Å². The number of aryl methyl sites for hydroxylation is 1. The SMILES string of the molecule is COc1cccc(CN(C(=O)CN(c2cccc(C)c2)S(=O)(=O)c2ccccc2)[C@H](Cc2ccccc2)C(=O)NC2CCCC2)c1. The third-order valence-electron chi connectivity index (χ3n) is 8.36. The van der Waals surface area contributed by atoms with Crippen LogP contribution in [0.1, 0.15) is 42.4 Å². The average Bonchev–Trinajstić information content (AvgIpc) is 3.59. The fourth-order valence-corrected chi connectivity index (χ4v) is 7.35. The first-order valence-electron chi connectivity index (χ1n) is 15.7. The first kappa shape index (κ1) is 32.8. The van der Waals surface area contributed by atoms with Crippen LogP contribution in [-0.2, 0) is 32.6 Å². The van der Waals surface area contributed by atoms with Gasteiger partial charge >= 0.3 is 0 Å².